The lowest BCUT2D eigenvalue weighted by Gasteiger charge is -2.14. The first-order valence-corrected chi connectivity index (χ1v) is 6.22. The standard InChI is InChI=1S/C10H13NO5S/c1-7(10(12)13)11-17(14,15)9-5-3-8(16-2)4-6-9/h3-7,11H,1-2H3,(H,12,13)/p-1. The molecular formula is C10H12NO5S-. The summed E-state index contributed by atoms with van der Waals surface area (Å²) in [6.45, 7) is 1.19. The van der Waals surface area contributed by atoms with Gasteiger partial charge in [-0.25, -0.2) is 13.1 Å². The molecule has 0 radical (unpaired) electrons. The predicted octanol–water partition coefficient (Wildman–Crippen LogP) is -0.888. The molecule has 0 aliphatic rings. The van der Waals surface area contributed by atoms with Crippen molar-refractivity contribution >= 4 is 16.0 Å². The molecule has 0 bridgehead atoms. The fourth-order valence-corrected chi connectivity index (χ4v) is 2.30. The average Bonchev–Trinajstić information content (AvgIpc) is 2.28. The third kappa shape index (κ3) is 3.43. The van der Waals surface area contributed by atoms with E-state index in [1.807, 2.05) is 4.72 Å². The monoisotopic (exact) mass is 258 g/mol. The Morgan fingerprint density at radius 1 is 1.35 bits per heavy atom. The van der Waals surface area contributed by atoms with E-state index in [0.29, 0.717) is 5.75 Å². The molecule has 0 heterocycles. The van der Waals surface area contributed by atoms with Crippen molar-refractivity contribution in [2.45, 2.75) is 17.9 Å². The highest BCUT2D eigenvalue weighted by atomic mass is 32.2. The quantitative estimate of drug-likeness (QED) is 0.739. The van der Waals surface area contributed by atoms with Crippen LogP contribution in [0.1, 0.15) is 6.92 Å². The molecule has 1 rings (SSSR count). The van der Waals surface area contributed by atoms with Crippen molar-refractivity contribution in [3.63, 3.8) is 0 Å². The number of methoxy groups -OCH3 is 1. The van der Waals surface area contributed by atoms with Crippen LogP contribution in [0.15, 0.2) is 29.2 Å². The van der Waals surface area contributed by atoms with Gasteiger partial charge in [-0.05, 0) is 31.2 Å². The Hall–Kier alpha value is -1.60. The number of benzene rings is 1. The summed E-state index contributed by atoms with van der Waals surface area (Å²) in [7, 11) is -2.40. The number of carbonyl (C=O) groups excluding carboxylic acids is 1. The molecule has 0 spiro atoms. The number of hydrogen-bond donors (Lipinski definition) is 1. The zero-order valence-corrected chi connectivity index (χ0v) is 10.2. The molecule has 1 N–H and O–H groups in total. The fraction of sp³-hybridized carbons (Fsp3) is 0.300. The highest BCUT2D eigenvalue weighted by Crippen LogP contribution is 2.15. The van der Waals surface area contributed by atoms with E-state index >= 15 is 0 Å². The summed E-state index contributed by atoms with van der Waals surface area (Å²) in [5.74, 6) is -0.973. The zero-order chi connectivity index (χ0) is 13.1. The van der Waals surface area contributed by atoms with Crippen molar-refractivity contribution in [3.05, 3.63) is 24.3 Å². The fourth-order valence-electron chi connectivity index (χ4n) is 1.10. The molecule has 1 atom stereocenters. The van der Waals surface area contributed by atoms with Gasteiger partial charge in [0.05, 0.1) is 24.0 Å². The van der Waals surface area contributed by atoms with Gasteiger partial charge in [0.25, 0.3) is 0 Å². The summed E-state index contributed by atoms with van der Waals surface area (Å²) in [6.07, 6.45) is 0. The lowest BCUT2D eigenvalue weighted by atomic mass is 10.3. The van der Waals surface area contributed by atoms with Gasteiger partial charge in [0, 0.05) is 0 Å². The van der Waals surface area contributed by atoms with Crippen LogP contribution in [0, 0.1) is 0 Å². The van der Waals surface area contributed by atoms with Crippen LogP contribution >= 0.6 is 0 Å². The van der Waals surface area contributed by atoms with Gasteiger partial charge in [-0.3, -0.25) is 0 Å². The molecule has 0 aliphatic carbocycles. The van der Waals surface area contributed by atoms with Crippen LogP contribution in [-0.2, 0) is 14.8 Å². The van der Waals surface area contributed by atoms with E-state index in [1.165, 1.54) is 38.3 Å². The van der Waals surface area contributed by atoms with Crippen LogP contribution in [0.25, 0.3) is 0 Å². The predicted molar refractivity (Wildman–Crippen MR) is 57.8 cm³/mol. The normalized spacial score (nSPS) is 13.1. The summed E-state index contributed by atoms with van der Waals surface area (Å²) in [4.78, 5) is 10.4. The van der Waals surface area contributed by atoms with Gasteiger partial charge in [-0.1, -0.05) is 0 Å². The van der Waals surface area contributed by atoms with Crippen LogP contribution in [-0.4, -0.2) is 27.5 Å². The average molecular weight is 258 g/mol. The molecule has 1 unspecified atom stereocenters. The number of carbonyl (C=O) groups is 1. The summed E-state index contributed by atoms with van der Waals surface area (Å²) < 4.78 is 30.3. The van der Waals surface area contributed by atoms with Gasteiger partial charge < -0.3 is 14.6 Å². The van der Waals surface area contributed by atoms with Crippen molar-refractivity contribution in [3.8, 4) is 5.75 Å². The highest BCUT2D eigenvalue weighted by molar-refractivity contribution is 7.89. The Balaban J connectivity index is 2.93. The lowest BCUT2D eigenvalue weighted by molar-refractivity contribution is -0.307. The molecule has 0 saturated carbocycles. The number of rotatable bonds is 5. The zero-order valence-electron chi connectivity index (χ0n) is 9.34. The maximum atomic E-state index is 11.7. The van der Waals surface area contributed by atoms with Crippen molar-refractivity contribution in [2.24, 2.45) is 0 Å². The molecule has 0 amide bonds. The number of carboxylic acid groups (broad SMARTS) is 1. The van der Waals surface area contributed by atoms with Crippen molar-refractivity contribution in [1.29, 1.82) is 0 Å². The van der Waals surface area contributed by atoms with Gasteiger partial charge in [0.2, 0.25) is 10.0 Å². The Kier molecular flexibility index (Phi) is 4.08. The molecule has 1 aromatic carbocycles. The summed E-state index contributed by atoms with van der Waals surface area (Å²) >= 11 is 0. The van der Waals surface area contributed by atoms with E-state index in [1.54, 1.807) is 0 Å². The second-order valence-electron chi connectivity index (χ2n) is 3.34. The maximum Gasteiger partial charge on any atom is 0.241 e. The first-order chi connectivity index (χ1) is 7.86. The van der Waals surface area contributed by atoms with E-state index in [9.17, 15) is 18.3 Å². The molecular weight excluding hydrogens is 246 g/mol. The number of hydrogen-bond acceptors (Lipinski definition) is 5. The second-order valence-corrected chi connectivity index (χ2v) is 5.05. The maximum absolute atomic E-state index is 11.7. The number of nitrogens with one attached hydrogen (secondary N) is 1. The Morgan fingerprint density at radius 2 is 1.88 bits per heavy atom. The molecule has 0 aromatic heterocycles. The third-order valence-corrected chi connectivity index (χ3v) is 3.61. The Morgan fingerprint density at radius 3 is 2.29 bits per heavy atom. The SMILES string of the molecule is COc1ccc(S(=O)(=O)NC(C)C(=O)[O-])cc1. The lowest BCUT2D eigenvalue weighted by Crippen LogP contribution is -2.45. The topological polar surface area (TPSA) is 95.5 Å². The second kappa shape index (κ2) is 5.15. The minimum Gasteiger partial charge on any atom is -0.548 e. The van der Waals surface area contributed by atoms with Gasteiger partial charge in [0.1, 0.15) is 5.75 Å². The molecule has 0 fully saturated rings. The van der Waals surface area contributed by atoms with E-state index in [4.69, 9.17) is 4.74 Å². The molecule has 94 valence electrons. The first kappa shape index (κ1) is 13.5. The molecule has 0 saturated heterocycles. The molecule has 7 heteroatoms. The van der Waals surface area contributed by atoms with Crippen LogP contribution in [0.5, 0.6) is 5.75 Å². The van der Waals surface area contributed by atoms with Crippen molar-refractivity contribution in [1.82, 2.24) is 4.72 Å². The van der Waals surface area contributed by atoms with E-state index in [2.05, 4.69) is 0 Å². The molecule has 0 aliphatic heterocycles. The smallest absolute Gasteiger partial charge is 0.241 e. The summed E-state index contributed by atoms with van der Waals surface area (Å²) in [6, 6.07) is 4.30. The minimum atomic E-state index is -3.86. The summed E-state index contributed by atoms with van der Waals surface area (Å²) in [5.41, 5.74) is 0. The van der Waals surface area contributed by atoms with Crippen LogP contribution in [0.2, 0.25) is 0 Å². The van der Waals surface area contributed by atoms with Crippen molar-refractivity contribution in [2.75, 3.05) is 7.11 Å². The van der Waals surface area contributed by atoms with E-state index in [-0.39, 0.29) is 4.90 Å². The number of sulfonamides is 1. The Bertz CT molecular complexity index is 494. The molecule has 17 heavy (non-hydrogen) atoms. The number of aliphatic carboxylic acids is 1. The highest BCUT2D eigenvalue weighted by Gasteiger charge is 2.17. The first-order valence-electron chi connectivity index (χ1n) is 4.74. The number of ether oxygens (including phenoxy) is 1. The Labute approximate surface area is 99.3 Å². The van der Waals surface area contributed by atoms with E-state index in [0.717, 1.165) is 0 Å². The van der Waals surface area contributed by atoms with Crippen LogP contribution < -0.4 is 14.6 Å². The largest absolute Gasteiger partial charge is 0.548 e. The van der Waals surface area contributed by atoms with Crippen molar-refractivity contribution < 1.29 is 23.1 Å². The molecule has 6 nitrogen and oxygen atoms in total. The van der Waals surface area contributed by atoms with E-state index < -0.39 is 22.0 Å². The van der Waals surface area contributed by atoms with Gasteiger partial charge >= 0.3 is 0 Å². The number of carboxylic acids is 1. The summed E-state index contributed by atoms with van der Waals surface area (Å²) in [5, 5.41) is 10.5. The van der Waals surface area contributed by atoms with Crippen LogP contribution in [0.4, 0.5) is 0 Å². The third-order valence-electron chi connectivity index (χ3n) is 2.06. The van der Waals surface area contributed by atoms with Crippen LogP contribution in [0.3, 0.4) is 0 Å². The van der Waals surface area contributed by atoms with Gasteiger partial charge in [-0.2, -0.15) is 0 Å². The van der Waals surface area contributed by atoms with Gasteiger partial charge in [-0.15, -0.1) is 0 Å². The minimum absolute atomic E-state index is 0.0357. The molecule has 1 aromatic rings. The van der Waals surface area contributed by atoms with Gasteiger partial charge in [0.15, 0.2) is 0 Å².